The molecule has 0 unspecified atom stereocenters. The second kappa shape index (κ2) is 11.1. The number of guanidine groups is 1. The predicted molar refractivity (Wildman–Crippen MR) is 96.4 cm³/mol. The standard InChI is InChI=1S/C18H32N4/c1-5-22(6-2)14-8-7-13-20-18(19-4)21-15-17-11-9-16(3)10-12-17/h9-12H,5-8,13-15H2,1-4H3,(H2,19,20,21). The van der Waals surface area contributed by atoms with Crippen molar-refractivity contribution in [1.82, 2.24) is 15.5 Å². The largest absolute Gasteiger partial charge is 0.356 e. The maximum atomic E-state index is 4.27. The van der Waals surface area contributed by atoms with Gasteiger partial charge in [-0.3, -0.25) is 4.99 Å². The van der Waals surface area contributed by atoms with Crippen molar-refractivity contribution in [3.05, 3.63) is 35.4 Å². The molecule has 0 radical (unpaired) electrons. The third-order valence-corrected chi connectivity index (χ3v) is 3.89. The van der Waals surface area contributed by atoms with E-state index in [1.807, 2.05) is 7.05 Å². The van der Waals surface area contributed by atoms with Crippen LogP contribution >= 0.6 is 0 Å². The number of benzene rings is 1. The number of nitrogens with zero attached hydrogens (tertiary/aromatic N) is 2. The molecule has 4 heteroatoms. The number of aryl methyl sites for hydroxylation is 1. The monoisotopic (exact) mass is 304 g/mol. The molecule has 0 aliphatic rings. The second-order valence-corrected chi connectivity index (χ2v) is 5.57. The van der Waals surface area contributed by atoms with Gasteiger partial charge in [0.2, 0.25) is 0 Å². The Labute approximate surface area is 136 Å². The minimum absolute atomic E-state index is 0.805. The predicted octanol–water partition coefficient (Wildman–Crippen LogP) is 2.78. The van der Waals surface area contributed by atoms with Gasteiger partial charge in [-0.15, -0.1) is 0 Å². The molecule has 4 nitrogen and oxygen atoms in total. The first-order valence-electron chi connectivity index (χ1n) is 8.42. The Kier molecular flexibility index (Phi) is 9.31. The molecule has 0 spiro atoms. The van der Waals surface area contributed by atoms with Crippen LogP contribution in [0.1, 0.15) is 37.8 Å². The summed E-state index contributed by atoms with van der Waals surface area (Å²) in [6.07, 6.45) is 2.39. The number of hydrogen-bond acceptors (Lipinski definition) is 2. The summed E-state index contributed by atoms with van der Waals surface area (Å²) in [5.74, 6) is 0.878. The van der Waals surface area contributed by atoms with Crippen molar-refractivity contribution >= 4 is 5.96 Å². The summed E-state index contributed by atoms with van der Waals surface area (Å²) in [5.41, 5.74) is 2.56. The molecule has 0 saturated carbocycles. The molecule has 0 saturated heterocycles. The van der Waals surface area contributed by atoms with Gasteiger partial charge in [0.1, 0.15) is 0 Å². The third-order valence-electron chi connectivity index (χ3n) is 3.89. The molecule has 0 aliphatic carbocycles. The van der Waals surface area contributed by atoms with Crippen LogP contribution in [-0.2, 0) is 6.54 Å². The highest BCUT2D eigenvalue weighted by atomic mass is 15.2. The Morgan fingerprint density at radius 2 is 1.73 bits per heavy atom. The van der Waals surface area contributed by atoms with E-state index in [2.05, 4.69) is 65.6 Å². The van der Waals surface area contributed by atoms with Gasteiger partial charge in [0.05, 0.1) is 0 Å². The van der Waals surface area contributed by atoms with Gasteiger partial charge in [0.15, 0.2) is 5.96 Å². The average Bonchev–Trinajstić information content (AvgIpc) is 2.55. The fraction of sp³-hybridized carbons (Fsp3) is 0.611. The smallest absolute Gasteiger partial charge is 0.191 e. The molecule has 1 rings (SSSR count). The Morgan fingerprint density at radius 3 is 2.32 bits per heavy atom. The first kappa shape index (κ1) is 18.5. The third kappa shape index (κ3) is 7.46. The number of unbranched alkanes of at least 4 members (excludes halogenated alkanes) is 1. The van der Waals surface area contributed by atoms with Crippen molar-refractivity contribution in [1.29, 1.82) is 0 Å². The van der Waals surface area contributed by atoms with Crippen LogP contribution in [0.3, 0.4) is 0 Å². The zero-order valence-corrected chi connectivity index (χ0v) is 14.7. The minimum atomic E-state index is 0.805. The van der Waals surface area contributed by atoms with Gasteiger partial charge in [-0.2, -0.15) is 0 Å². The van der Waals surface area contributed by atoms with Crippen LogP contribution in [0, 0.1) is 6.92 Å². The lowest BCUT2D eigenvalue weighted by Crippen LogP contribution is -2.37. The van der Waals surface area contributed by atoms with E-state index in [9.17, 15) is 0 Å². The molecule has 0 aliphatic heterocycles. The zero-order chi connectivity index (χ0) is 16.2. The van der Waals surface area contributed by atoms with Crippen LogP contribution in [0.5, 0.6) is 0 Å². The molecule has 1 aromatic carbocycles. The molecule has 0 amide bonds. The first-order valence-corrected chi connectivity index (χ1v) is 8.42. The van der Waals surface area contributed by atoms with Crippen LogP contribution in [0.2, 0.25) is 0 Å². The Bertz CT molecular complexity index is 421. The molecular formula is C18H32N4. The van der Waals surface area contributed by atoms with Gasteiger partial charge in [-0.25, -0.2) is 0 Å². The number of aliphatic imine (C=N–C) groups is 1. The lowest BCUT2D eigenvalue weighted by Gasteiger charge is -2.18. The molecule has 0 fully saturated rings. The molecule has 0 atom stereocenters. The average molecular weight is 304 g/mol. The SMILES string of the molecule is CCN(CC)CCCCNC(=NC)NCc1ccc(C)cc1. The molecular weight excluding hydrogens is 272 g/mol. The van der Waals surface area contributed by atoms with E-state index in [0.29, 0.717) is 0 Å². The fourth-order valence-electron chi connectivity index (χ4n) is 2.32. The van der Waals surface area contributed by atoms with Crippen molar-refractivity contribution in [3.8, 4) is 0 Å². The Hall–Kier alpha value is -1.55. The summed E-state index contributed by atoms with van der Waals surface area (Å²) >= 11 is 0. The van der Waals surface area contributed by atoms with E-state index in [0.717, 1.165) is 32.1 Å². The highest BCUT2D eigenvalue weighted by Crippen LogP contribution is 2.02. The molecule has 0 bridgehead atoms. The summed E-state index contributed by atoms with van der Waals surface area (Å²) < 4.78 is 0. The minimum Gasteiger partial charge on any atom is -0.356 e. The highest BCUT2D eigenvalue weighted by molar-refractivity contribution is 5.79. The van der Waals surface area contributed by atoms with Gasteiger partial charge in [0, 0.05) is 20.1 Å². The zero-order valence-electron chi connectivity index (χ0n) is 14.7. The summed E-state index contributed by atoms with van der Waals surface area (Å²) in [7, 11) is 1.82. The van der Waals surface area contributed by atoms with E-state index in [4.69, 9.17) is 0 Å². The fourth-order valence-corrected chi connectivity index (χ4v) is 2.32. The molecule has 1 aromatic rings. The lowest BCUT2D eigenvalue weighted by atomic mass is 10.1. The first-order chi connectivity index (χ1) is 10.7. The van der Waals surface area contributed by atoms with Crippen LogP contribution in [0.15, 0.2) is 29.3 Å². The Balaban J connectivity index is 2.18. The highest BCUT2D eigenvalue weighted by Gasteiger charge is 2.00. The van der Waals surface area contributed by atoms with Crippen molar-refractivity contribution < 1.29 is 0 Å². The number of rotatable bonds is 9. The number of nitrogens with one attached hydrogen (secondary N) is 2. The second-order valence-electron chi connectivity index (χ2n) is 5.57. The van der Waals surface area contributed by atoms with E-state index in [1.54, 1.807) is 0 Å². The van der Waals surface area contributed by atoms with E-state index in [-0.39, 0.29) is 0 Å². The van der Waals surface area contributed by atoms with Gasteiger partial charge in [-0.1, -0.05) is 43.7 Å². The topological polar surface area (TPSA) is 39.7 Å². The van der Waals surface area contributed by atoms with E-state index in [1.165, 1.54) is 30.5 Å². The number of hydrogen-bond donors (Lipinski definition) is 2. The summed E-state index contributed by atoms with van der Waals surface area (Å²) in [4.78, 5) is 6.73. The molecule has 0 aromatic heterocycles. The summed E-state index contributed by atoms with van der Waals surface area (Å²) in [6, 6.07) is 8.58. The van der Waals surface area contributed by atoms with Crippen LogP contribution in [0.4, 0.5) is 0 Å². The van der Waals surface area contributed by atoms with Crippen LogP contribution in [0.25, 0.3) is 0 Å². The molecule has 22 heavy (non-hydrogen) atoms. The van der Waals surface area contributed by atoms with Crippen molar-refractivity contribution in [3.63, 3.8) is 0 Å². The maximum Gasteiger partial charge on any atom is 0.191 e. The van der Waals surface area contributed by atoms with E-state index >= 15 is 0 Å². The van der Waals surface area contributed by atoms with Gasteiger partial charge in [-0.05, 0) is 45.0 Å². The van der Waals surface area contributed by atoms with Gasteiger partial charge in [0.25, 0.3) is 0 Å². The van der Waals surface area contributed by atoms with E-state index < -0.39 is 0 Å². The quantitative estimate of drug-likeness (QED) is 0.419. The summed E-state index contributed by atoms with van der Waals surface area (Å²) in [6.45, 7) is 11.8. The van der Waals surface area contributed by atoms with Crippen molar-refractivity contribution in [2.75, 3.05) is 33.2 Å². The van der Waals surface area contributed by atoms with Gasteiger partial charge >= 0.3 is 0 Å². The Morgan fingerprint density at radius 1 is 1.05 bits per heavy atom. The van der Waals surface area contributed by atoms with Crippen molar-refractivity contribution in [2.24, 2.45) is 4.99 Å². The van der Waals surface area contributed by atoms with Crippen LogP contribution < -0.4 is 10.6 Å². The lowest BCUT2D eigenvalue weighted by molar-refractivity contribution is 0.297. The normalized spacial score (nSPS) is 11.8. The van der Waals surface area contributed by atoms with Gasteiger partial charge < -0.3 is 15.5 Å². The maximum absolute atomic E-state index is 4.27. The molecule has 124 valence electrons. The molecule has 0 heterocycles. The summed E-state index contributed by atoms with van der Waals surface area (Å²) in [5, 5.41) is 6.74. The molecule has 2 N–H and O–H groups in total. The van der Waals surface area contributed by atoms with Crippen molar-refractivity contribution in [2.45, 2.75) is 40.2 Å². The van der Waals surface area contributed by atoms with Crippen LogP contribution in [-0.4, -0.2) is 44.1 Å².